The molecule has 0 radical (unpaired) electrons. The van der Waals surface area contributed by atoms with Crippen molar-refractivity contribution in [3.05, 3.63) is 0 Å². The highest BCUT2D eigenvalue weighted by molar-refractivity contribution is 7.80. The summed E-state index contributed by atoms with van der Waals surface area (Å²) in [6, 6.07) is 0.400. The van der Waals surface area contributed by atoms with E-state index in [2.05, 4.69) is 24.5 Å². The maximum atomic E-state index is 9.48. The van der Waals surface area contributed by atoms with Crippen LogP contribution in [0.1, 0.15) is 39.0 Å². The van der Waals surface area contributed by atoms with Crippen LogP contribution in [0.4, 0.5) is 0 Å². The number of aliphatic hydroxyl groups is 1. The number of thiol groups is 1. The third kappa shape index (κ3) is 2.41. The van der Waals surface area contributed by atoms with E-state index < -0.39 is 0 Å². The first-order valence-corrected chi connectivity index (χ1v) is 7.30. The molecule has 0 aromatic carbocycles. The second-order valence-electron chi connectivity index (χ2n) is 5.85. The minimum Gasteiger partial charge on any atom is -0.395 e. The molecule has 1 saturated heterocycles. The summed E-state index contributed by atoms with van der Waals surface area (Å²) in [5.41, 5.74) is 0.445. The Morgan fingerprint density at radius 3 is 2.62 bits per heavy atom. The number of rotatable bonds is 4. The molecule has 2 unspecified atom stereocenters. The van der Waals surface area contributed by atoms with Gasteiger partial charge in [-0.15, -0.1) is 0 Å². The summed E-state index contributed by atoms with van der Waals surface area (Å²) in [6.45, 7) is 4.92. The lowest BCUT2D eigenvalue weighted by atomic mass is 9.87. The molecule has 2 atom stereocenters. The van der Waals surface area contributed by atoms with Crippen LogP contribution < -0.4 is 0 Å². The van der Waals surface area contributed by atoms with Crippen molar-refractivity contribution in [3.8, 4) is 0 Å². The second kappa shape index (κ2) is 5.28. The number of aliphatic hydroxyl groups excluding tert-OH is 1. The molecule has 1 heterocycles. The fraction of sp³-hybridized carbons (Fsp3) is 1.00. The van der Waals surface area contributed by atoms with E-state index in [9.17, 15) is 5.11 Å². The van der Waals surface area contributed by atoms with Gasteiger partial charge in [-0.2, -0.15) is 12.6 Å². The molecule has 0 aromatic rings. The van der Waals surface area contributed by atoms with Crippen molar-refractivity contribution in [2.45, 2.75) is 45.1 Å². The van der Waals surface area contributed by atoms with Crippen LogP contribution in [0.25, 0.3) is 0 Å². The smallest absolute Gasteiger partial charge is 0.0589 e. The van der Waals surface area contributed by atoms with Crippen LogP contribution >= 0.6 is 12.6 Å². The average Bonchev–Trinajstić information content (AvgIpc) is 2.88. The molecule has 0 amide bonds. The molecule has 1 aliphatic carbocycles. The first kappa shape index (κ1) is 12.7. The van der Waals surface area contributed by atoms with E-state index in [-0.39, 0.29) is 0 Å². The molecular weight excluding hydrogens is 218 g/mol. The van der Waals surface area contributed by atoms with Crippen LogP contribution in [0.15, 0.2) is 0 Å². The maximum Gasteiger partial charge on any atom is 0.0589 e. The predicted molar refractivity (Wildman–Crippen MR) is 71.0 cm³/mol. The van der Waals surface area contributed by atoms with Crippen molar-refractivity contribution in [3.63, 3.8) is 0 Å². The van der Waals surface area contributed by atoms with Crippen LogP contribution in [0.2, 0.25) is 0 Å². The van der Waals surface area contributed by atoms with Crippen LogP contribution in [-0.2, 0) is 0 Å². The molecule has 2 fully saturated rings. The topological polar surface area (TPSA) is 23.5 Å². The molecule has 1 saturated carbocycles. The van der Waals surface area contributed by atoms with E-state index in [1.54, 1.807) is 0 Å². The molecule has 0 aromatic heterocycles. The Morgan fingerprint density at radius 1 is 1.38 bits per heavy atom. The van der Waals surface area contributed by atoms with Gasteiger partial charge in [0.1, 0.15) is 0 Å². The standard InChI is InChI=1S/C13H25NOS/c1-11-4-7-14(12(11)8-15)9-13(10-16)5-2-3-6-13/h11-12,15-16H,2-10H2,1H3. The molecule has 2 rings (SSSR count). The highest BCUT2D eigenvalue weighted by Crippen LogP contribution is 2.41. The van der Waals surface area contributed by atoms with Crippen LogP contribution in [0.3, 0.4) is 0 Å². The van der Waals surface area contributed by atoms with Crippen molar-refractivity contribution in [2.75, 3.05) is 25.4 Å². The molecule has 1 N–H and O–H groups in total. The zero-order valence-corrected chi connectivity index (χ0v) is 11.3. The van der Waals surface area contributed by atoms with E-state index in [0.717, 1.165) is 12.3 Å². The highest BCUT2D eigenvalue weighted by Gasteiger charge is 2.39. The van der Waals surface area contributed by atoms with Gasteiger partial charge in [-0.05, 0) is 42.9 Å². The van der Waals surface area contributed by atoms with Crippen molar-refractivity contribution >= 4 is 12.6 Å². The van der Waals surface area contributed by atoms with Gasteiger partial charge in [-0.1, -0.05) is 19.8 Å². The fourth-order valence-electron chi connectivity index (χ4n) is 3.50. The predicted octanol–water partition coefficient (Wildman–Crippen LogP) is 2.18. The maximum absolute atomic E-state index is 9.48. The lowest BCUT2D eigenvalue weighted by Gasteiger charge is -2.35. The van der Waals surface area contributed by atoms with E-state index in [4.69, 9.17) is 0 Å². The molecule has 2 nitrogen and oxygen atoms in total. The monoisotopic (exact) mass is 243 g/mol. The molecule has 1 aliphatic heterocycles. The Labute approximate surface area is 105 Å². The summed E-state index contributed by atoms with van der Waals surface area (Å²) in [5.74, 6) is 1.67. The van der Waals surface area contributed by atoms with E-state index >= 15 is 0 Å². The third-order valence-electron chi connectivity index (χ3n) is 4.72. The Balaban J connectivity index is 1.97. The van der Waals surface area contributed by atoms with Gasteiger partial charge in [0, 0.05) is 12.6 Å². The van der Waals surface area contributed by atoms with Crippen LogP contribution in [0.5, 0.6) is 0 Å². The number of hydrogen-bond acceptors (Lipinski definition) is 3. The van der Waals surface area contributed by atoms with Gasteiger partial charge in [0.15, 0.2) is 0 Å². The Hall–Kier alpha value is 0.270. The Bertz CT molecular complexity index is 228. The van der Waals surface area contributed by atoms with E-state index in [1.807, 2.05) is 0 Å². The number of nitrogens with zero attached hydrogens (tertiary/aromatic N) is 1. The molecule has 2 aliphatic rings. The van der Waals surface area contributed by atoms with Crippen LogP contribution in [0, 0.1) is 11.3 Å². The van der Waals surface area contributed by atoms with E-state index in [1.165, 1.54) is 38.6 Å². The Kier molecular flexibility index (Phi) is 4.20. The summed E-state index contributed by atoms with van der Waals surface area (Å²) in [4.78, 5) is 2.52. The van der Waals surface area contributed by atoms with E-state index in [0.29, 0.717) is 24.0 Å². The summed E-state index contributed by atoms with van der Waals surface area (Å²) in [5, 5.41) is 9.48. The molecule has 0 spiro atoms. The first-order chi connectivity index (χ1) is 7.71. The zero-order chi connectivity index (χ0) is 11.6. The van der Waals surface area contributed by atoms with Crippen molar-refractivity contribution in [2.24, 2.45) is 11.3 Å². The summed E-state index contributed by atoms with van der Waals surface area (Å²) >= 11 is 4.57. The van der Waals surface area contributed by atoms with Gasteiger partial charge in [0.05, 0.1) is 6.61 Å². The summed E-state index contributed by atoms with van der Waals surface area (Å²) in [6.07, 6.45) is 6.65. The zero-order valence-electron chi connectivity index (χ0n) is 10.4. The lowest BCUT2D eigenvalue weighted by Crippen LogP contribution is -2.43. The minimum atomic E-state index is 0.323. The summed E-state index contributed by atoms with van der Waals surface area (Å²) in [7, 11) is 0. The van der Waals surface area contributed by atoms with Gasteiger partial charge in [-0.3, -0.25) is 4.90 Å². The third-order valence-corrected chi connectivity index (χ3v) is 5.39. The largest absolute Gasteiger partial charge is 0.395 e. The highest BCUT2D eigenvalue weighted by atomic mass is 32.1. The number of hydrogen-bond donors (Lipinski definition) is 2. The Morgan fingerprint density at radius 2 is 2.06 bits per heavy atom. The summed E-state index contributed by atoms with van der Waals surface area (Å²) < 4.78 is 0. The van der Waals surface area contributed by atoms with Crippen LogP contribution in [-0.4, -0.2) is 41.5 Å². The SMILES string of the molecule is CC1CCN(CC2(CS)CCCC2)C1CO. The van der Waals surface area contributed by atoms with Gasteiger partial charge >= 0.3 is 0 Å². The van der Waals surface area contributed by atoms with Gasteiger partial charge < -0.3 is 5.11 Å². The van der Waals surface area contributed by atoms with Crippen molar-refractivity contribution < 1.29 is 5.11 Å². The van der Waals surface area contributed by atoms with Gasteiger partial charge in [0.2, 0.25) is 0 Å². The quantitative estimate of drug-likeness (QED) is 0.739. The normalized spacial score (nSPS) is 34.7. The first-order valence-electron chi connectivity index (χ1n) is 6.66. The second-order valence-corrected chi connectivity index (χ2v) is 6.17. The molecule has 0 bridgehead atoms. The van der Waals surface area contributed by atoms with Crippen molar-refractivity contribution in [1.82, 2.24) is 4.90 Å². The average molecular weight is 243 g/mol. The lowest BCUT2D eigenvalue weighted by molar-refractivity contribution is 0.100. The molecule has 3 heteroatoms. The van der Waals surface area contributed by atoms with Gasteiger partial charge in [-0.25, -0.2) is 0 Å². The number of likely N-dealkylation sites (tertiary alicyclic amines) is 1. The van der Waals surface area contributed by atoms with Gasteiger partial charge in [0.25, 0.3) is 0 Å². The molecular formula is C13H25NOS. The fourth-order valence-corrected chi connectivity index (χ4v) is 3.92. The molecule has 16 heavy (non-hydrogen) atoms. The van der Waals surface area contributed by atoms with Crippen molar-refractivity contribution in [1.29, 1.82) is 0 Å². The minimum absolute atomic E-state index is 0.323. The molecule has 94 valence electrons.